The molecule has 34 heavy (non-hydrogen) atoms. The van der Waals surface area contributed by atoms with Gasteiger partial charge in [-0.05, 0) is 60.9 Å². The van der Waals surface area contributed by atoms with Gasteiger partial charge in [0.15, 0.2) is 17.5 Å². The molecule has 0 bridgehead atoms. The van der Waals surface area contributed by atoms with Crippen molar-refractivity contribution in [1.82, 2.24) is 14.9 Å². The van der Waals surface area contributed by atoms with Gasteiger partial charge in [0.25, 0.3) is 5.56 Å². The molecule has 0 unspecified atom stereocenters. The first-order valence-electron chi connectivity index (χ1n) is 11.4. The van der Waals surface area contributed by atoms with E-state index in [1.165, 1.54) is 5.56 Å². The van der Waals surface area contributed by atoms with Gasteiger partial charge in [-0.1, -0.05) is 30.3 Å². The van der Waals surface area contributed by atoms with E-state index >= 15 is 0 Å². The molecule has 4 aromatic rings. The maximum Gasteiger partial charge on any atom is 0.262 e. The minimum atomic E-state index is -1.45. The second-order valence-electron chi connectivity index (χ2n) is 8.71. The number of hydrogen-bond acceptors (Lipinski definition) is 4. The molecule has 1 atom stereocenters. The van der Waals surface area contributed by atoms with E-state index in [2.05, 4.69) is 22.4 Å². The van der Waals surface area contributed by atoms with E-state index in [1.807, 2.05) is 18.2 Å². The van der Waals surface area contributed by atoms with Gasteiger partial charge in [-0.25, -0.2) is 18.2 Å². The summed E-state index contributed by atoms with van der Waals surface area (Å²) in [4.78, 5) is 19.6. The van der Waals surface area contributed by atoms with Crippen molar-refractivity contribution in [2.24, 2.45) is 0 Å². The lowest BCUT2D eigenvalue weighted by Crippen LogP contribution is -2.34. The minimum Gasteiger partial charge on any atom is -0.310 e. The predicted molar refractivity (Wildman–Crippen MR) is 128 cm³/mol. The Hall–Kier alpha value is -2.97. The largest absolute Gasteiger partial charge is 0.310 e. The lowest BCUT2D eigenvalue weighted by Gasteiger charge is -2.23. The quantitative estimate of drug-likeness (QED) is 0.370. The Balaban J connectivity index is 1.27. The Labute approximate surface area is 199 Å². The van der Waals surface area contributed by atoms with Crippen molar-refractivity contribution < 1.29 is 13.2 Å². The second kappa shape index (κ2) is 9.72. The first-order chi connectivity index (χ1) is 16.5. The van der Waals surface area contributed by atoms with Gasteiger partial charge in [0.05, 0.1) is 11.7 Å². The van der Waals surface area contributed by atoms with Gasteiger partial charge in [0, 0.05) is 24.0 Å². The zero-order valence-corrected chi connectivity index (χ0v) is 19.3. The summed E-state index contributed by atoms with van der Waals surface area (Å²) in [6, 6.07) is 12.3. The summed E-state index contributed by atoms with van der Waals surface area (Å²) in [6.45, 7) is 0.863. The number of hydrogen-bond donors (Lipinski definition) is 1. The number of benzene rings is 2. The highest BCUT2D eigenvalue weighted by atomic mass is 32.1. The van der Waals surface area contributed by atoms with E-state index in [4.69, 9.17) is 0 Å². The number of thiophene rings is 1. The summed E-state index contributed by atoms with van der Waals surface area (Å²) in [5, 5.41) is 4.04. The van der Waals surface area contributed by atoms with Crippen molar-refractivity contribution >= 4 is 21.6 Å². The maximum atomic E-state index is 13.5. The molecule has 0 spiro atoms. The molecule has 2 aromatic heterocycles. The molecule has 8 heteroatoms. The second-order valence-corrected chi connectivity index (χ2v) is 9.79. The van der Waals surface area contributed by atoms with Crippen molar-refractivity contribution in [2.75, 3.05) is 0 Å². The highest BCUT2D eigenvalue weighted by molar-refractivity contribution is 7.18. The lowest BCUT2D eigenvalue weighted by atomic mass is 9.93. The van der Waals surface area contributed by atoms with E-state index < -0.39 is 17.5 Å². The number of fused-ring (bicyclic) bond motifs is 3. The fourth-order valence-electron chi connectivity index (χ4n) is 4.61. The molecule has 0 amide bonds. The van der Waals surface area contributed by atoms with Gasteiger partial charge in [-0.2, -0.15) is 0 Å². The van der Waals surface area contributed by atoms with Gasteiger partial charge in [-0.15, -0.1) is 11.3 Å². The van der Waals surface area contributed by atoms with Crippen molar-refractivity contribution in [3.8, 4) is 0 Å². The molecule has 1 aliphatic rings. The standard InChI is InChI=1S/C26H24F3N3OS/c27-20-11-17(12-21(28)24(20)29)14-30-18-8-9-19-22(13-18)34-25-23(19)26(33)32(15-31-25)10-4-7-16-5-2-1-3-6-16/h1-3,5-6,11-12,15,18,30H,4,7-10,13-14H2/t18-/m0/s1. The topological polar surface area (TPSA) is 46.9 Å². The van der Waals surface area contributed by atoms with Gasteiger partial charge in [-0.3, -0.25) is 9.36 Å². The number of halogens is 3. The van der Waals surface area contributed by atoms with Crippen LogP contribution >= 0.6 is 11.3 Å². The summed E-state index contributed by atoms with van der Waals surface area (Å²) in [7, 11) is 0. The zero-order chi connectivity index (χ0) is 23.7. The summed E-state index contributed by atoms with van der Waals surface area (Å²) in [5.41, 5.74) is 2.70. The fourth-order valence-corrected chi connectivity index (χ4v) is 5.86. The average molecular weight is 484 g/mol. The predicted octanol–water partition coefficient (Wildman–Crippen LogP) is 5.16. The van der Waals surface area contributed by atoms with E-state index in [1.54, 1.807) is 22.2 Å². The Kier molecular flexibility index (Phi) is 6.52. The number of nitrogens with zero attached hydrogens (tertiary/aromatic N) is 2. The van der Waals surface area contributed by atoms with Crippen LogP contribution in [0.25, 0.3) is 10.2 Å². The van der Waals surface area contributed by atoms with Crippen molar-refractivity contribution in [1.29, 1.82) is 0 Å². The van der Waals surface area contributed by atoms with Crippen LogP contribution in [-0.4, -0.2) is 15.6 Å². The summed E-state index contributed by atoms with van der Waals surface area (Å²) in [6.07, 6.45) is 5.67. The number of aromatic nitrogens is 2. The molecular weight excluding hydrogens is 459 g/mol. The van der Waals surface area contributed by atoms with Gasteiger partial charge < -0.3 is 5.32 Å². The van der Waals surface area contributed by atoms with Crippen LogP contribution in [0.5, 0.6) is 0 Å². The SMILES string of the molecule is O=c1c2c3c(sc2ncn1CCCc1ccccc1)C[C@@H](NCc1cc(F)c(F)c(F)c1)CC3. The Morgan fingerprint density at radius 2 is 1.85 bits per heavy atom. The van der Waals surface area contributed by atoms with Crippen LogP contribution in [0.2, 0.25) is 0 Å². The Morgan fingerprint density at radius 1 is 1.09 bits per heavy atom. The molecule has 0 saturated carbocycles. The fraction of sp³-hybridized carbons (Fsp3) is 0.308. The van der Waals surface area contributed by atoms with Gasteiger partial charge in [0.2, 0.25) is 0 Å². The zero-order valence-electron chi connectivity index (χ0n) is 18.5. The van der Waals surface area contributed by atoms with Crippen molar-refractivity contribution in [3.05, 3.63) is 98.2 Å². The molecule has 1 N–H and O–H groups in total. The molecule has 0 fully saturated rings. The van der Waals surface area contributed by atoms with Crippen LogP contribution in [0, 0.1) is 17.5 Å². The molecule has 2 heterocycles. The highest BCUT2D eigenvalue weighted by Crippen LogP contribution is 2.33. The normalized spacial score (nSPS) is 15.6. The third kappa shape index (κ3) is 4.65. The average Bonchev–Trinajstić information content (AvgIpc) is 3.21. The van der Waals surface area contributed by atoms with Gasteiger partial charge >= 0.3 is 0 Å². The number of aryl methyl sites for hydroxylation is 3. The smallest absolute Gasteiger partial charge is 0.262 e. The minimum absolute atomic E-state index is 0.0132. The summed E-state index contributed by atoms with van der Waals surface area (Å²) < 4.78 is 41.8. The highest BCUT2D eigenvalue weighted by Gasteiger charge is 2.25. The van der Waals surface area contributed by atoms with Crippen LogP contribution in [0.1, 0.15) is 34.4 Å². The summed E-state index contributed by atoms with van der Waals surface area (Å²) in [5.74, 6) is -3.81. The Morgan fingerprint density at radius 3 is 2.62 bits per heavy atom. The van der Waals surface area contributed by atoms with Crippen LogP contribution in [0.4, 0.5) is 13.2 Å². The van der Waals surface area contributed by atoms with E-state index in [0.29, 0.717) is 12.1 Å². The molecule has 4 nitrogen and oxygen atoms in total. The molecule has 2 aromatic carbocycles. The number of nitrogens with one attached hydrogen (secondary N) is 1. The molecule has 176 valence electrons. The Bertz CT molecular complexity index is 1360. The third-order valence-electron chi connectivity index (χ3n) is 6.38. The maximum absolute atomic E-state index is 13.5. The first kappa shape index (κ1) is 22.8. The van der Waals surface area contributed by atoms with Crippen LogP contribution in [0.3, 0.4) is 0 Å². The van der Waals surface area contributed by atoms with E-state index in [9.17, 15) is 18.0 Å². The van der Waals surface area contributed by atoms with Gasteiger partial charge in [0.1, 0.15) is 4.83 Å². The molecular formula is C26H24F3N3OS. The molecule has 1 aliphatic carbocycles. The molecule has 5 rings (SSSR count). The third-order valence-corrected chi connectivity index (χ3v) is 7.54. The summed E-state index contributed by atoms with van der Waals surface area (Å²) >= 11 is 1.54. The van der Waals surface area contributed by atoms with Crippen LogP contribution in [0.15, 0.2) is 53.6 Å². The van der Waals surface area contributed by atoms with Crippen LogP contribution in [-0.2, 0) is 32.4 Å². The molecule has 0 aliphatic heterocycles. The first-order valence-corrected chi connectivity index (χ1v) is 12.2. The monoisotopic (exact) mass is 483 g/mol. The van der Waals surface area contributed by atoms with E-state index in [0.717, 1.165) is 64.9 Å². The molecule has 0 saturated heterocycles. The lowest BCUT2D eigenvalue weighted by molar-refractivity contribution is 0.437. The van der Waals surface area contributed by atoms with Crippen molar-refractivity contribution in [3.63, 3.8) is 0 Å². The van der Waals surface area contributed by atoms with E-state index in [-0.39, 0.29) is 18.1 Å². The van der Waals surface area contributed by atoms with Crippen LogP contribution < -0.4 is 10.9 Å². The molecule has 0 radical (unpaired) electrons. The van der Waals surface area contributed by atoms with Crippen molar-refractivity contribution in [2.45, 2.75) is 51.2 Å². The number of rotatable bonds is 7.